The molecular formula is C9H7ClFN. The second kappa shape index (κ2) is 3.55. The van der Waals surface area contributed by atoms with Crippen LogP contribution in [0.4, 0.5) is 4.39 Å². The van der Waals surface area contributed by atoms with E-state index in [1.807, 2.05) is 6.07 Å². The summed E-state index contributed by atoms with van der Waals surface area (Å²) in [5, 5.41) is 8.90. The maximum atomic E-state index is 13.0. The highest BCUT2D eigenvalue weighted by Crippen LogP contribution is 2.21. The maximum absolute atomic E-state index is 13.0. The van der Waals surface area contributed by atoms with Gasteiger partial charge in [-0.2, -0.15) is 5.26 Å². The summed E-state index contributed by atoms with van der Waals surface area (Å²) in [6.07, 6.45) is 0.0677. The quantitative estimate of drug-likeness (QED) is 0.657. The standard InChI is InChI=1S/C9H7ClFN/c1-6-7(4-5-12)9(11)3-2-8(6)10/h2-3H,4H2,1H3. The van der Waals surface area contributed by atoms with E-state index in [2.05, 4.69) is 0 Å². The summed E-state index contributed by atoms with van der Waals surface area (Å²) in [5.74, 6) is -0.363. The average molecular weight is 184 g/mol. The Morgan fingerprint density at radius 2 is 2.25 bits per heavy atom. The van der Waals surface area contributed by atoms with Gasteiger partial charge in [0.15, 0.2) is 0 Å². The third kappa shape index (κ3) is 1.57. The lowest BCUT2D eigenvalue weighted by Crippen LogP contribution is -1.93. The first kappa shape index (κ1) is 9.02. The van der Waals surface area contributed by atoms with Crippen LogP contribution < -0.4 is 0 Å². The minimum Gasteiger partial charge on any atom is -0.207 e. The number of hydrogen-bond donors (Lipinski definition) is 0. The Balaban J connectivity index is 3.25. The van der Waals surface area contributed by atoms with E-state index in [1.54, 1.807) is 6.92 Å². The van der Waals surface area contributed by atoms with Crippen molar-refractivity contribution in [2.45, 2.75) is 13.3 Å². The first-order valence-corrected chi connectivity index (χ1v) is 3.85. The zero-order valence-corrected chi connectivity index (χ0v) is 7.32. The monoisotopic (exact) mass is 183 g/mol. The lowest BCUT2D eigenvalue weighted by atomic mass is 10.1. The van der Waals surface area contributed by atoms with Gasteiger partial charge in [0, 0.05) is 10.6 Å². The molecule has 0 heterocycles. The van der Waals surface area contributed by atoms with Crippen molar-refractivity contribution in [3.63, 3.8) is 0 Å². The van der Waals surface area contributed by atoms with Crippen molar-refractivity contribution in [3.05, 3.63) is 34.1 Å². The second-order valence-electron chi connectivity index (χ2n) is 2.47. The van der Waals surface area contributed by atoms with Crippen molar-refractivity contribution < 1.29 is 4.39 Å². The van der Waals surface area contributed by atoms with Crippen LogP contribution in [0.5, 0.6) is 0 Å². The first-order valence-electron chi connectivity index (χ1n) is 3.47. The lowest BCUT2D eigenvalue weighted by molar-refractivity contribution is 0.613. The Labute approximate surface area is 75.4 Å². The topological polar surface area (TPSA) is 23.8 Å². The van der Waals surface area contributed by atoms with Crippen molar-refractivity contribution in [1.82, 2.24) is 0 Å². The Bertz CT molecular complexity index is 341. The van der Waals surface area contributed by atoms with Gasteiger partial charge in [0.1, 0.15) is 5.82 Å². The normalized spacial score (nSPS) is 9.50. The van der Waals surface area contributed by atoms with Crippen LogP contribution in [0.1, 0.15) is 11.1 Å². The largest absolute Gasteiger partial charge is 0.207 e. The predicted octanol–water partition coefficient (Wildman–Crippen LogP) is 2.85. The van der Waals surface area contributed by atoms with Gasteiger partial charge in [-0.3, -0.25) is 0 Å². The first-order chi connectivity index (χ1) is 5.66. The van der Waals surface area contributed by atoms with Crippen LogP contribution in [0.3, 0.4) is 0 Å². The van der Waals surface area contributed by atoms with Gasteiger partial charge in [-0.15, -0.1) is 0 Å². The summed E-state index contributed by atoms with van der Waals surface area (Å²) in [4.78, 5) is 0. The molecule has 1 aromatic carbocycles. The van der Waals surface area contributed by atoms with Gasteiger partial charge < -0.3 is 0 Å². The lowest BCUT2D eigenvalue weighted by Gasteiger charge is -2.04. The van der Waals surface area contributed by atoms with Crippen molar-refractivity contribution in [2.24, 2.45) is 0 Å². The summed E-state index contributed by atoms with van der Waals surface area (Å²) in [6.45, 7) is 1.71. The molecule has 1 rings (SSSR count). The van der Waals surface area contributed by atoms with Crippen LogP contribution >= 0.6 is 11.6 Å². The van der Waals surface area contributed by atoms with E-state index in [9.17, 15) is 4.39 Å². The fourth-order valence-corrected chi connectivity index (χ4v) is 1.17. The van der Waals surface area contributed by atoms with E-state index < -0.39 is 0 Å². The SMILES string of the molecule is Cc1c(Cl)ccc(F)c1CC#N. The molecule has 0 atom stereocenters. The van der Waals surface area contributed by atoms with Crippen LogP contribution in [0, 0.1) is 24.1 Å². The van der Waals surface area contributed by atoms with E-state index in [0.29, 0.717) is 16.1 Å². The van der Waals surface area contributed by atoms with Crippen LogP contribution in [0.25, 0.3) is 0 Å². The molecule has 0 spiro atoms. The van der Waals surface area contributed by atoms with Crippen LogP contribution in [0.15, 0.2) is 12.1 Å². The molecule has 1 nitrogen and oxygen atoms in total. The Morgan fingerprint density at radius 1 is 1.58 bits per heavy atom. The van der Waals surface area contributed by atoms with Gasteiger partial charge >= 0.3 is 0 Å². The van der Waals surface area contributed by atoms with Crippen LogP contribution in [0.2, 0.25) is 5.02 Å². The van der Waals surface area contributed by atoms with Gasteiger partial charge in [-0.05, 0) is 24.6 Å². The van der Waals surface area contributed by atoms with Crippen molar-refractivity contribution >= 4 is 11.6 Å². The number of halogens is 2. The molecule has 0 fully saturated rings. The molecular weight excluding hydrogens is 177 g/mol. The molecule has 0 aliphatic heterocycles. The highest BCUT2D eigenvalue weighted by molar-refractivity contribution is 6.31. The summed E-state index contributed by atoms with van der Waals surface area (Å²) in [6, 6.07) is 4.67. The molecule has 0 saturated heterocycles. The van der Waals surface area contributed by atoms with Crippen LogP contribution in [-0.2, 0) is 6.42 Å². The summed E-state index contributed by atoms with van der Waals surface area (Å²) < 4.78 is 13.0. The fraction of sp³-hybridized carbons (Fsp3) is 0.222. The molecule has 1 aromatic rings. The zero-order valence-electron chi connectivity index (χ0n) is 6.56. The zero-order chi connectivity index (χ0) is 9.14. The number of hydrogen-bond acceptors (Lipinski definition) is 1. The molecule has 62 valence electrons. The molecule has 0 bridgehead atoms. The van der Waals surface area contributed by atoms with E-state index in [-0.39, 0.29) is 12.2 Å². The Kier molecular flexibility index (Phi) is 2.67. The summed E-state index contributed by atoms with van der Waals surface area (Å²) >= 11 is 5.75. The highest BCUT2D eigenvalue weighted by atomic mass is 35.5. The summed E-state index contributed by atoms with van der Waals surface area (Å²) in [7, 11) is 0. The van der Waals surface area contributed by atoms with E-state index in [1.165, 1.54) is 12.1 Å². The Hall–Kier alpha value is -1.07. The molecule has 0 N–H and O–H groups in total. The fourth-order valence-electron chi connectivity index (χ4n) is 0.991. The minimum absolute atomic E-state index is 0.0677. The third-order valence-electron chi connectivity index (χ3n) is 1.73. The third-order valence-corrected chi connectivity index (χ3v) is 2.14. The van der Waals surface area contributed by atoms with Gasteiger partial charge in [0.2, 0.25) is 0 Å². The summed E-state index contributed by atoms with van der Waals surface area (Å²) in [5.41, 5.74) is 1.04. The van der Waals surface area contributed by atoms with Gasteiger partial charge in [-0.1, -0.05) is 11.6 Å². The molecule has 0 saturated carbocycles. The van der Waals surface area contributed by atoms with E-state index >= 15 is 0 Å². The number of rotatable bonds is 1. The molecule has 3 heteroatoms. The number of nitrogens with zero attached hydrogens (tertiary/aromatic N) is 1. The van der Waals surface area contributed by atoms with E-state index in [4.69, 9.17) is 16.9 Å². The van der Waals surface area contributed by atoms with E-state index in [0.717, 1.165) is 0 Å². The van der Waals surface area contributed by atoms with Crippen molar-refractivity contribution in [3.8, 4) is 6.07 Å². The smallest absolute Gasteiger partial charge is 0.127 e. The molecule has 12 heavy (non-hydrogen) atoms. The second-order valence-corrected chi connectivity index (χ2v) is 2.87. The average Bonchev–Trinajstić information content (AvgIpc) is 2.06. The predicted molar refractivity (Wildman–Crippen MR) is 45.5 cm³/mol. The van der Waals surface area contributed by atoms with Gasteiger partial charge in [0.05, 0.1) is 12.5 Å². The number of nitriles is 1. The number of benzene rings is 1. The van der Waals surface area contributed by atoms with Crippen LogP contribution in [-0.4, -0.2) is 0 Å². The molecule has 0 aliphatic carbocycles. The maximum Gasteiger partial charge on any atom is 0.127 e. The van der Waals surface area contributed by atoms with Crippen molar-refractivity contribution in [1.29, 1.82) is 5.26 Å². The molecule has 0 unspecified atom stereocenters. The molecule has 0 aliphatic rings. The highest BCUT2D eigenvalue weighted by Gasteiger charge is 2.07. The Morgan fingerprint density at radius 3 is 2.83 bits per heavy atom. The molecule has 0 radical (unpaired) electrons. The molecule has 0 aromatic heterocycles. The minimum atomic E-state index is -0.363. The van der Waals surface area contributed by atoms with Gasteiger partial charge in [0.25, 0.3) is 0 Å². The molecule has 0 amide bonds. The van der Waals surface area contributed by atoms with Gasteiger partial charge in [-0.25, -0.2) is 4.39 Å². The van der Waals surface area contributed by atoms with Crippen molar-refractivity contribution in [2.75, 3.05) is 0 Å².